The van der Waals surface area contributed by atoms with Gasteiger partial charge in [-0.15, -0.1) is 0 Å². The van der Waals surface area contributed by atoms with Crippen LogP contribution in [0, 0.1) is 6.92 Å². The van der Waals surface area contributed by atoms with Gasteiger partial charge in [-0.25, -0.2) is 0 Å². The molecule has 0 aliphatic heterocycles. The molecular formula is C13H27O2. The summed E-state index contributed by atoms with van der Waals surface area (Å²) in [4.78, 5) is 0. The van der Waals surface area contributed by atoms with Crippen LogP contribution in [0.2, 0.25) is 0 Å². The lowest BCUT2D eigenvalue weighted by Gasteiger charge is -2.24. The molecule has 2 unspecified atom stereocenters. The highest BCUT2D eigenvalue weighted by atomic mass is 16.5. The Balaban J connectivity index is 3.70. The number of unbranched alkanes of at least 4 members (excludes halogenated alkanes) is 3. The van der Waals surface area contributed by atoms with Crippen molar-refractivity contribution in [2.75, 3.05) is 7.11 Å². The molecule has 0 aliphatic rings. The molecule has 2 nitrogen and oxygen atoms in total. The zero-order valence-electron chi connectivity index (χ0n) is 10.8. The molecule has 0 saturated heterocycles. The summed E-state index contributed by atoms with van der Waals surface area (Å²) < 4.78 is 11.0. The summed E-state index contributed by atoms with van der Waals surface area (Å²) in [5.41, 5.74) is 0. The predicted octanol–water partition coefficient (Wildman–Crippen LogP) is 3.60. The van der Waals surface area contributed by atoms with E-state index in [1.165, 1.54) is 25.7 Å². The Morgan fingerprint density at radius 1 is 1.13 bits per heavy atom. The third kappa shape index (κ3) is 7.80. The summed E-state index contributed by atoms with van der Waals surface area (Å²) in [6.45, 7) is 10.3. The maximum Gasteiger partial charge on any atom is 0.0840 e. The first kappa shape index (κ1) is 14.9. The van der Waals surface area contributed by atoms with Gasteiger partial charge in [-0.3, -0.25) is 0 Å². The molecule has 0 aromatic carbocycles. The molecule has 0 spiro atoms. The Kier molecular flexibility index (Phi) is 9.12. The zero-order valence-corrected chi connectivity index (χ0v) is 10.8. The molecule has 2 atom stereocenters. The normalized spacial score (nSPS) is 15.6. The molecule has 0 aromatic rings. The minimum absolute atomic E-state index is 0.0448. The molecule has 0 saturated carbocycles. The van der Waals surface area contributed by atoms with E-state index in [9.17, 15) is 0 Å². The Hall–Kier alpha value is -0.0800. The van der Waals surface area contributed by atoms with Gasteiger partial charge in [0.15, 0.2) is 0 Å². The maximum atomic E-state index is 5.62. The largest absolute Gasteiger partial charge is 0.379 e. The first-order valence-corrected chi connectivity index (χ1v) is 6.13. The molecule has 0 heterocycles. The van der Waals surface area contributed by atoms with Gasteiger partial charge in [0.1, 0.15) is 0 Å². The number of methoxy groups -OCH3 is 1. The fourth-order valence-electron chi connectivity index (χ4n) is 1.67. The molecule has 15 heavy (non-hydrogen) atoms. The average Bonchev–Trinajstić information content (AvgIpc) is 2.16. The van der Waals surface area contributed by atoms with Gasteiger partial charge in [-0.2, -0.15) is 0 Å². The van der Waals surface area contributed by atoms with Gasteiger partial charge >= 0.3 is 0 Å². The van der Waals surface area contributed by atoms with Crippen LogP contribution < -0.4 is 0 Å². The van der Waals surface area contributed by atoms with Crippen LogP contribution in [0.5, 0.6) is 0 Å². The van der Waals surface area contributed by atoms with Crippen LogP contribution in [-0.4, -0.2) is 25.4 Å². The van der Waals surface area contributed by atoms with E-state index < -0.39 is 0 Å². The van der Waals surface area contributed by atoms with Gasteiger partial charge in [0.05, 0.1) is 18.3 Å². The van der Waals surface area contributed by atoms with E-state index in [-0.39, 0.29) is 18.3 Å². The summed E-state index contributed by atoms with van der Waals surface area (Å²) >= 11 is 0. The summed E-state index contributed by atoms with van der Waals surface area (Å²) in [6.07, 6.45) is 6.45. The number of hydrogen-bond donors (Lipinski definition) is 0. The highest BCUT2D eigenvalue weighted by molar-refractivity contribution is 4.73. The van der Waals surface area contributed by atoms with E-state index in [4.69, 9.17) is 9.47 Å². The van der Waals surface area contributed by atoms with E-state index in [2.05, 4.69) is 13.8 Å². The minimum atomic E-state index is -0.0448. The average molecular weight is 215 g/mol. The van der Waals surface area contributed by atoms with E-state index in [0.29, 0.717) is 0 Å². The molecule has 0 fully saturated rings. The van der Waals surface area contributed by atoms with Crippen LogP contribution in [0.1, 0.15) is 52.9 Å². The fraction of sp³-hybridized carbons (Fsp3) is 0.923. The highest BCUT2D eigenvalue weighted by Crippen LogP contribution is 2.14. The van der Waals surface area contributed by atoms with Gasteiger partial charge < -0.3 is 9.47 Å². The topological polar surface area (TPSA) is 18.5 Å². The van der Waals surface area contributed by atoms with E-state index >= 15 is 0 Å². The standard InChI is InChI=1S/C13H27O2/c1-6-7-8-9-10-13(14-5)12(4)15-11(2)3/h11-13H,4,6-10H2,1-3,5H3. The summed E-state index contributed by atoms with van der Waals surface area (Å²) in [5, 5.41) is 0. The number of rotatable bonds is 9. The molecule has 0 amide bonds. The molecule has 2 heteroatoms. The second-order valence-electron chi connectivity index (χ2n) is 4.35. The van der Waals surface area contributed by atoms with Crippen molar-refractivity contribution in [1.82, 2.24) is 0 Å². The summed E-state index contributed by atoms with van der Waals surface area (Å²) in [5.74, 6) is 0. The maximum absolute atomic E-state index is 5.62. The fourth-order valence-corrected chi connectivity index (χ4v) is 1.67. The lowest BCUT2D eigenvalue weighted by molar-refractivity contribution is -0.0610. The second kappa shape index (κ2) is 9.17. The van der Waals surface area contributed by atoms with Crippen molar-refractivity contribution in [3.8, 4) is 0 Å². The smallest absolute Gasteiger partial charge is 0.0840 e. The van der Waals surface area contributed by atoms with Crippen molar-refractivity contribution in [3.63, 3.8) is 0 Å². The Morgan fingerprint density at radius 3 is 2.27 bits per heavy atom. The van der Waals surface area contributed by atoms with Crippen molar-refractivity contribution >= 4 is 0 Å². The van der Waals surface area contributed by atoms with Crippen LogP contribution in [-0.2, 0) is 9.47 Å². The van der Waals surface area contributed by atoms with Gasteiger partial charge in [-0.05, 0) is 27.2 Å². The van der Waals surface area contributed by atoms with Gasteiger partial charge in [-0.1, -0.05) is 32.6 Å². The summed E-state index contributed by atoms with van der Waals surface area (Å²) in [7, 11) is 1.74. The van der Waals surface area contributed by atoms with Crippen LogP contribution in [0.4, 0.5) is 0 Å². The summed E-state index contributed by atoms with van der Waals surface area (Å²) in [6, 6.07) is 0. The molecule has 0 aromatic heterocycles. The van der Waals surface area contributed by atoms with E-state index in [0.717, 1.165) is 6.42 Å². The van der Waals surface area contributed by atoms with Gasteiger partial charge in [0.2, 0.25) is 0 Å². The zero-order chi connectivity index (χ0) is 11.7. The van der Waals surface area contributed by atoms with Crippen LogP contribution >= 0.6 is 0 Å². The number of hydrogen-bond acceptors (Lipinski definition) is 2. The van der Waals surface area contributed by atoms with E-state index in [1.807, 2.05) is 13.8 Å². The van der Waals surface area contributed by atoms with Crippen LogP contribution in [0.15, 0.2) is 0 Å². The van der Waals surface area contributed by atoms with Crippen LogP contribution in [0.3, 0.4) is 0 Å². The lowest BCUT2D eigenvalue weighted by Crippen LogP contribution is -2.30. The first-order valence-electron chi connectivity index (χ1n) is 6.13. The second-order valence-corrected chi connectivity index (χ2v) is 4.35. The molecule has 1 radical (unpaired) electrons. The van der Waals surface area contributed by atoms with Crippen LogP contribution in [0.25, 0.3) is 0 Å². The van der Waals surface area contributed by atoms with Crippen molar-refractivity contribution in [3.05, 3.63) is 6.92 Å². The van der Waals surface area contributed by atoms with Gasteiger partial charge in [0, 0.05) is 7.11 Å². The molecule has 0 bridgehead atoms. The van der Waals surface area contributed by atoms with Crippen molar-refractivity contribution in [2.24, 2.45) is 0 Å². The molecule has 0 rings (SSSR count). The Labute approximate surface area is 95.3 Å². The first-order chi connectivity index (χ1) is 7.11. The predicted molar refractivity (Wildman–Crippen MR) is 64.9 cm³/mol. The third-order valence-electron chi connectivity index (χ3n) is 2.51. The molecule has 91 valence electrons. The minimum Gasteiger partial charge on any atom is -0.379 e. The van der Waals surface area contributed by atoms with Crippen molar-refractivity contribution in [2.45, 2.75) is 71.2 Å². The third-order valence-corrected chi connectivity index (χ3v) is 2.51. The van der Waals surface area contributed by atoms with E-state index in [1.54, 1.807) is 7.11 Å². The highest BCUT2D eigenvalue weighted by Gasteiger charge is 2.17. The van der Waals surface area contributed by atoms with Crippen molar-refractivity contribution < 1.29 is 9.47 Å². The number of ether oxygens (including phenoxy) is 2. The van der Waals surface area contributed by atoms with Crippen molar-refractivity contribution in [1.29, 1.82) is 0 Å². The molecule has 0 N–H and O–H groups in total. The molecule has 0 aliphatic carbocycles. The SMILES string of the molecule is [CH2]C(OC(C)C)C(CCCCCC)OC. The Morgan fingerprint density at radius 2 is 1.80 bits per heavy atom. The lowest BCUT2D eigenvalue weighted by atomic mass is 10.1. The van der Waals surface area contributed by atoms with Gasteiger partial charge in [0.25, 0.3) is 0 Å². The Bertz CT molecular complexity index is 134. The monoisotopic (exact) mass is 215 g/mol. The molecular weight excluding hydrogens is 188 g/mol. The quantitative estimate of drug-likeness (QED) is 0.547.